The van der Waals surface area contributed by atoms with Gasteiger partial charge in [-0.15, -0.1) is 0 Å². The molecule has 11 rings (SSSR count). The molecule has 0 radical (unpaired) electrons. The zero-order valence-electron chi connectivity index (χ0n) is 29.1. The Bertz CT molecular complexity index is 3190. The first kappa shape index (κ1) is 30.2. The van der Waals surface area contributed by atoms with Crippen molar-refractivity contribution in [2.45, 2.75) is 0 Å². The van der Waals surface area contributed by atoms with Crippen LogP contribution >= 0.6 is 0 Å². The molecule has 0 N–H and O–H groups in total. The Labute approximate surface area is 311 Å². The van der Waals surface area contributed by atoms with E-state index in [-0.39, 0.29) is 0 Å². The smallest absolute Gasteiger partial charge is 0.168 e. The first-order valence-corrected chi connectivity index (χ1v) is 18.2. The van der Waals surface area contributed by atoms with Crippen LogP contribution in [0.2, 0.25) is 0 Å². The Morgan fingerprint density at radius 1 is 0.370 bits per heavy atom. The molecular weight excluding hydrogens is 657 g/mol. The molecule has 0 amide bonds. The topological polar surface area (TPSA) is 35.6 Å². The van der Waals surface area contributed by atoms with Gasteiger partial charge in [0.05, 0.1) is 44.5 Å². The number of hydrogen-bond donors (Lipinski definition) is 0. The summed E-state index contributed by atoms with van der Waals surface area (Å²) in [6, 6.07) is 71.1. The van der Waals surface area contributed by atoms with E-state index in [1.54, 1.807) is 0 Å². The second-order valence-corrected chi connectivity index (χ2v) is 13.7. The Kier molecular flexibility index (Phi) is 6.73. The molecule has 250 valence electrons. The van der Waals surface area contributed by atoms with Gasteiger partial charge >= 0.3 is 0 Å². The molecule has 0 spiro atoms. The molecule has 11 aromatic rings. The Hall–Kier alpha value is -7.48. The summed E-state index contributed by atoms with van der Waals surface area (Å²) >= 11 is 0. The summed E-state index contributed by atoms with van der Waals surface area (Å²) < 4.78 is 4.64. The first-order chi connectivity index (χ1) is 26.8. The number of aromatic nitrogens is 4. The van der Waals surface area contributed by atoms with Crippen molar-refractivity contribution < 1.29 is 0 Å². The average Bonchev–Trinajstić information content (AvgIpc) is 3.76. The standard InChI is InChI=1S/C50H30N4/c1-3-13-33(14-4-1)49-41-19-7-10-20-44(41)51-50(52-49)34-23-27-38(28-24-34)54-46-22-12-9-18-40(46)43-32-36(26-30-48(43)54)35-25-29-47-42(31-35)39-17-8-11-21-45(39)53(47)37-15-5-2-6-16-37/h1-23,25-27,29-32H. The van der Waals surface area contributed by atoms with E-state index in [0.29, 0.717) is 5.82 Å². The molecule has 0 fully saturated rings. The van der Waals surface area contributed by atoms with Gasteiger partial charge in [-0.05, 0) is 83.9 Å². The maximum Gasteiger partial charge on any atom is 0.168 e. The van der Waals surface area contributed by atoms with Gasteiger partial charge in [-0.3, -0.25) is 0 Å². The molecule has 0 bridgehead atoms. The van der Waals surface area contributed by atoms with Gasteiger partial charge in [0.1, 0.15) is 0 Å². The largest absolute Gasteiger partial charge is 0.309 e. The molecule has 0 saturated carbocycles. The molecule has 0 unspecified atom stereocenters. The van der Waals surface area contributed by atoms with E-state index in [1.165, 1.54) is 43.7 Å². The maximum absolute atomic E-state index is 5.05. The third-order valence-electron chi connectivity index (χ3n) is 10.6. The second kappa shape index (κ2) is 12.1. The summed E-state index contributed by atoms with van der Waals surface area (Å²) in [5.41, 5.74) is 12.8. The lowest BCUT2D eigenvalue weighted by Crippen LogP contribution is -1.96. The van der Waals surface area contributed by atoms with Crippen LogP contribution in [-0.2, 0) is 0 Å². The normalized spacial score (nSPS) is 11.6. The highest BCUT2D eigenvalue weighted by Gasteiger charge is 2.17. The van der Waals surface area contributed by atoms with E-state index in [0.717, 1.165) is 50.1 Å². The fraction of sp³-hybridized carbons (Fsp3) is 0. The minimum atomic E-state index is 0.631. The summed E-state index contributed by atoms with van der Waals surface area (Å²) in [4.78, 5) is 10.00. The van der Waals surface area contributed by atoms with Crippen molar-refractivity contribution in [2.24, 2.45) is 0 Å². The molecular formula is C50H30N4. The minimum absolute atomic E-state index is 0.631. The van der Waals surface area contributed by atoms with Crippen LogP contribution in [0.15, 0.2) is 182 Å². The van der Waals surface area contributed by atoms with Gasteiger partial charge in [-0.2, -0.15) is 0 Å². The SMILES string of the molecule is c1c(-c2nc(-c3ccccc3)c3ccccc3n2)ccc(-n2c3ccccc3c3cc(-c4ccc5c(c4)c4ccccc4n5-c4ccccc4)ccc32)c#1. The van der Waals surface area contributed by atoms with E-state index >= 15 is 0 Å². The van der Waals surface area contributed by atoms with Crippen LogP contribution in [0.4, 0.5) is 0 Å². The van der Waals surface area contributed by atoms with Crippen molar-refractivity contribution >= 4 is 54.5 Å². The summed E-state index contributed by atoms with van der Waals surface area (Å²) in [6.45, 7) is 0. The molecule has 8 aromatic carbocycles. The zero-order valence-corrected chi connectivity index (χ0v) is 29.1. The lowest BCUT2D eigenvalue weighted by atomic mass is 10.0. The van der Waals surface area contributed by atoms with Gasteiger partial charge in [0, 0.05) is 38.2 Å². The molecule has 54 heavy (non-hydrogen) atoms. The van der Waals surface area contributed by atoms with E-state index in [4.69, 9.17) is 9.97 Å². The van der Waals surface area contributed by atoms with Crippen LogP contribution in [-0.4, -0.2) is 19.1 Å². The van der Waals surface area contributed by atoms with Crippen molar-refractivity contribution in [1.82, 2.24) is 19.1 Å². The molecule has 0 aliphatic heterocycles. The number of hydrogen-bond acceptors (Lipinski definition) is 2. The first-order valence-electron chi connectivity index (χ1n) is 18.2. The van der Waals surface area contributed by atoms with E-state index in [2.05, 4.69) is 167 Å². The van der Waals surface area contributed by atoms with Crippen molar-refractivity contribution in [3.05, 3.63) is 194 Å². The quantitative estimate of drug-likeness (QED) is 0.181. The molecule has 0 aliphatic carbocycles. The van der Waals surface area contributed by atoms with E-state index in [9.17, 15) is 0 Å². The summed E-state index contributed by atoms with van der Waals surface area (Å²) in [5.74, 6) is 0.631. The highest BCUT2D eigenvalue weighted by atomic mass is 15.0. The predicted molar refractivity (Wildman–Crippen MR) is 222 cm³/mol. The third kappa shape index (κ3) is 4.73. The van der Waals surface area contributed by atoms with Gasteiger partial charge < -0.3 is 9.13 Å². The molecule has 4 nitrogen and oxygen atoms in total. The van der Waals surface area contributed by atoms with Gasteiger partial charge in [-0.25, -0.2) is 9.97 Å². The van der Waals surface area contributed by atoms with Gasteiger partial charge in [0.15, 0.2) is 5.82 Å². The molecule has 0 aliphatic rings. The van der Waals surface area contributed by atoms with Crippen LogP contribution in [0.1, 0.15) is 0 Å². The number of nitrogens with zero attached hydrogens (tertiary/aromatic N) is 4. The van der Waals surface area contributed by atoms with Gasteiger partial charge in [0.25, 0.3) is 0 Å². The number of para-hydroxylation sites is 4. The fourth-order valence-electron chi connectivity index (χ4n) is 8.07. The lowest BCUT2D eigenvalue weighted by Gasteiger charge is -2.09. The number of fused-ring (bicyclic) bond motifs is 7. The average molecular weight is 687 g/mol. The zero-order chi connectivity index (χ0) is 35.6. The minimum Gasteiger partial charge on any atom is -0.309 e. The van der Waals surface area contributed by atoms with E-state index < -0.39 is 0 Å². The van der Waals surface area contributed by atoms with Gasteiger partial charge in [-0.1, -0.05) is 121 Å². The molecule has 3 aromatic heterocycles. The van der Waals surface area contributed by atoms with Crippen LogP contribution in [0.25, 0.3) is 99.7 Å². The van der Waals surface area contributed by atoms with Crippen molar-refractivity contribution in [3.63, 3.8) is 0 Å². The van der Waals surface area contributed by atoms with Crippen molar-refractivity contribution in [3.8, 4) is 45.1 Å². The van der Waals surface area contributed by atoms with E-state index in [1.807, 2.05) is 36.4 Å². The summed E-state index contributed by atoms with van der Waals surface area (Å²) in [5, 5.41) is 5.90. The Balaban J connectivity index is 1.02. The summed E-state index contributed by atoms with van der Waals surface area (Å²) in [7, 11) is 0. The molecule has 3 heterocycles. The monoisotopic (exact) mass is 686 g/mol. The van der Waals surface area contributed by atoms with Gasteiger partial charge in [0.2, 0.25) is 0 Å². The molecule has 0 saturated heterocycles. The van der Waals surface area contributed by atoms with Crippen LogP contribution < -0.4 is 0 Å². The van der Waals surface area contributed by atoms with Crippen molar-refractivity contribution in [2.75, 3.05) is 0 Å². The second-order valence-electron chi connectivity index (χ2n) is 13.7. The van der Waals surface area contributed by atoms with Crippen LogP contribution in [0.3, 0.4) is 0 Å². The number of benzene rings is 7. The van der Waals surface area contributed by atoms with Crippen LogP contribution in [0.5, 0.6) is 0 Å². The van der Waals surface area contributed by atoms with Crippen molar-refractivity contribution in [1.29, 1.82) is 0 Å². The number of rotatable bonds is 5. The Morgan fingerprint density at radius 3 is 1.59 bits per heavy atom. The summed E-state index contributed by atoms with van der Waals surface area (Å²) in [6.07, 6.45) is 0. The third-order valence-corrected chi connectivity index (χ3v) is 10.6. The fourth-order valence-corrected chi connectivity index (χ4v) is 8.07. The lowest BCUT2D eigenvalue weighted by molar-refractivity contribution is 1.18. The highest BCUT2D eigenvalue weighted by Crippen LogP contribution is 2.38. The highest BCUT2D eigenvalue weighted by molar-refractivity contribution is 6.12. The molecule has 4 heteroatoms. The predicted octanol–water partition coefficient (Wildman–Crippen LogP) is 12.4. The Morgan fingerprint density at radius 2 is 0.926 bits per heavy atom. The maximum atomic E-state index is 5.05. The molecule has 0 atom stereocenters. The van der Waals surface area contributed by atoms with Crippen LogP contribution in [0, 0.1) is 12.1 Å².